The van der Waals surface area contributed by atoms with Crippen molar-refractivity contribution in [2.45, 2.75) is 6.04 Å². The molecular formula is C20H16F2N2O. The lowest BCUT2D eigenvalue weighted by atomic mass is 10.1. The van der Waals surface area contributed by atoms with Gasteiger partial charge in [-0.25, -0.2) is 8.78 Å². The van der Waals surface area contributed by atoms with Crippen LogP contribution < -0.4 is 10.6 Å². The molecule has 0 fully saturated rings. The van der Waals surface area contributed by atoms with E-state index in [1.54, 1.807) is 12.1 Å². The van der Waals surface area contributed by atoms with Crippen molar-refractivity contribution in [3.05, 3.63) is 96.1 Å². The maximum Gasteiger partial charge on any atom is 0.251 e. The van der Waals surface area contributed by atoms with E-state index in [4.69, 9.17) is 0 Å². The average molecular weight is 338 g/mol. The monoisotopic (exact) mass is 338 g/mol. The SMILES string of the molecule is O=C(Nc1ccc(F)cc1)[C@H](Nc1ccc(F)cc1)c1ccccc1. The third-order valence-corrected chi connectivity index (χ3v) is 3.66. The van der Waals surface area contributed by atoms with Gasteiger partial charge in [0.25, 0.3) is 5.91 Å². The van der Waals surface area contributed by atoms with Crippen LogP contribution in [-0.2, 0) is 4.79 Å². The first-order valence-electron chi connectivity index (χ1n) is 7.75. The van der Waals surface area contributed by atoms with E-state index in [0.717, 1.165) is 5.56 Å². The number of nitrogens with one attached hydrogen (secondary N) is 2. The van der Waals surface area contributed by atoms with Crippen molar-refractivity contribution in [2.75, 3.05) is 10.6 Å². The Morgan fingerprint density at radius 2 is 1.24 bits per heavy atom. The molecule has 0 aliphatic rings. The summed E-state index contributed by atoms with van der Waals surface area (Å²) < 4.78 is 26.1. The van der Waals surface area contributed by atoms with E-state index in [1.165, 1.54) is 36.4 Å². The van der Waals surface area contributed by atoms with Gasteiger partial charge in [-0.15, -0.1) is 0 Å². The summed E-state index contributed by atoms with van der Waals surface area (Å²) >= 11 is 0. The Hall–Kier alpha value is -3.21. The number of halogens is 2. The molecule has 3 rings (SSSR count). The highest BCUT2D eigenvalue weighted by Crippen LogP contribution is 2.22. The number of benzene rings is 3. The van der Waals surface area contributed by atoms with Crippen LogP contribution in [0, 0.1) is 11.6 Å². The van der Waals surface area contributed by atoms with Crippen LogP contribution in [-0.4, -0.2) is 5.91 Å². The number of carbonyl (C=O) groups is 1. The van der Waals surface area contributed by atoms with E-state index in [-0.39, 0.29) is 17.5 Å². The van der Waals surface area contributed by atoms with Crippen molar-refractivity contribution in [3.63, 3.8) is 0 Å². The fourth-order valence-electron chi connectivity index (χ4n) is 2.41. The fraction of sp³-hybridized carbons (Fsp3) is 0.0500. The van der Waals surface area contributed by atoms with E-state index in [1.807, 2.05) is 30.3 Å². The molecule has 0 saturated carbocycles. The summed E-state index contributed by atoms with van der Waals surface area (Å²) in [6.45, 7) is 0. The lowest BCUT2D eigenvalue weighted by Gasteiger charge is -2.20. The molecule has 0 aliphatic heterocycles. The van der Waals surface area contributed by atoms with E-state index in [9.17, 15) is 13.6 Å². The highest BCUT2D eigenvalue weighted by atomic mass is 19.1. The van der Waals surface area contributed by atoms with Crippen LogP contribution in [0.15, 0.2) is 78.9 Å². The van der Waals surface area contributed by atoms with Gasteiger partial charge in [0.2, 0.25) is 0 Å². The second-order valence-electron chi connectivity index (χ2n) is 5.49. The number of hydrogen-bond donors (Lipinski definition) is 2. The third-order valence-electron chi connectivity index (χ3n) is 3.66. The molecule has 0 bridgehead atoms. The zero-order chi connectivity index (χ0) is 17.6. The van der Waals surface area contributed by atoms with Gasteiger partial charge in [-0.05, 0) is 54.1 Å². The van der Waals surface area contributed by atoms with Gasteiger partial charge < -0.3 is 10.6 Å². The minimum Gasteiger partial charge on any atom is -0.370 e. The molecule has 3 aromatic carbocycles. The Morgan fingerprint density at radius 1 is 0.720 bits per heavy atom. The number of carbonyl (C=O) groups excluding carboxylic acids is 1. The van der Waals surface area contributed by atoms with Crippen LogP contribution in [0.1, 0.15) is 11.6 Å². The van der Waals surface area contributed by atoms with Gasteiger partial charge >= 0.3 is 0 Å². The summed E-state index contributed by atoms with van der Waals surface area (Å²) in [6, 6.07) is 19.8. The Morgan fingerprint density at radius 3 is 1.80 bits per heavy atom. The van der Waals surface area contributed by atoms with Crippen LogP contribution in [0.4, 0.5) is 20.2 Å². The summed E-state index contributed by atoms with van der Waals surface area (Å²) in [4.78, 5) is 12.7. The minimum absolute atomic E-state index is 0.304. The molecule has 25 heavy (non-hydrogen) atoms. The Kier molecular flexibility index (Phi) is 5.04. The molecule has 0 heterocycles. The van der Waals surface area contributed by atoms with Crippen LogP contribution in [0.3, 0.4) is 0 Å². The van der Waals surface area contributed by atoms with Gasteiger partial charge in [-0.3, -0.25) is 4.79 Å². The minimum atomic E-state index is -0.684. The molecular weight excluding hydrogens is 322 g/mol. The largest absolute Gasteiger partial charge is 0.370 e. The van der Waals surface area contributed by atoms with Gasteiger partial charge in [0, 0.05) is 11.4 Å². The molecule has 3 aromatic rings. The third kappa shape index (κ3) is 4.41. The summed E-state index contributed by atoms with van der Waals surface area (Å²) in [5, 5.41) is 5.86. The van der Waals surface area contributed by atoms with E-state index >= 15 is 0 Å². The second kappa shape index (κ2) is 7.57. The highest BCUT2D eigenvalue weighted by Gasteiger charge is 2.20. The van der Waals surface area contributed by atoms with Crippen molar-refractivity contribution >= 4 is 17.3 Å². The number of rotatable bonds is 5. The lowest BCUT2D eigenvalue weighted by Crippen LogP contribution is -2.27. The smallest absolute Gasteiger partial charge is 0.251 e. The van der Waals surface area contributed by atoms with Gasteiger partial charge in [-0.2, -0.15) is 0 Å². The zero-order valence-electron chi connectivity index (χ0n) is 13.2. The molecule has 3 nitrogen and oxygen atoms in total. The number of hydrogen-bond acceptors (Lipinski definition) is 2. The lowest BCUT2D eigenvalue weighted by molar-refractivity contribution is -0.117. The van der Waals surface area contributed by atoms with Crippen LogP contribution in [0.5, 0.6) is 0 Å². The quantitative estimate of drug-likeness (QED) is 0.704. The maximum atomic E-state index is 13.1. The van der Waals surface area contributed by atoms with Crippen molar-refractivity contribution in [1.29, 1.82) is 0 Å². The van der Waals surface area contributed by atoms with Crippen LogP contribution in [0.2, 0.25) is 0 Å². The Balaban J connectivity index is 1.83. The first-order chi connectivity index (χ1) is 12.1. The molecule has 0 spiro atoms. The zero-order valence-corrected chi connectivity index (χ0v) is 13.2. The maximum absolute atomic E-state index is 13.1. The Labute approximate surface area is 144 Å². The molecule has 0 radical (unpaired) electrons. The van der Waals surface area contributed by atoms with Gasteiger partial charge in [0.05, 0.1) is 0 Å². The van der Waals surface area contributed by atoms with Crippen LogP contribution in [0.25, 0.3) is 0 Å². The van der Waals surface area contributed by atoms with Crippen molar-refractivity contribution in [3.8, 4) is 0 Å². The fourth-order valence-corrected chi connectivity index (χ4v) is 2.41. The normalized spacial score (nSPS) is 11.6. The molecule has 0 aliphatic carbocycles. The van der Waals surface area contributed by atoms with Gasteiger partial charge in [-0.1, -0.05) is 30.3 Å². The summed E-state index contributed by atoms with van der Waals surface area (Å²) in [5.74, 6) is -1.03. The number of anilines is 2. The van der Waals surface area contributed by atoms with Crippen LogP contribution >= 0.6 is 0 Å². The second-order valence-corrected chi connectivity index (χ2v) is 5.49. The highest BCUT2D eigenvalue weighted by molar-refractivity contribution is 5.97. The van der Waals surface area contributed by atoms with E-state index < -0.39 is 6.04 Å². The predicted molar refractivity (Wildman–Crippen MR) is 94.2 cm³/mol. The van der Waals surface area contributed by atoms with Gasteiger partial charge in [0.15, 0.2) is 0 Å². The van der Waals surface area contributed by atoms with Crippen molar-refractivity contribution in [2.24, 2.45) is 0 Å². The molecule has 126 valence electrons. The van der Waals surface area contributed by atoms with E-state index in [0.29, 0.717) is 11.4 Å². The Bertz CT molecular complexity index is 834. The molecule has 0 unspecified atom stereocenters. The predicted octanol–water partition coefficient (Wildman–Crippen LogP) is 4.76. The first-order valence-corrected chi connectivity index (χ1v) is 7.75. The summed E-state index contributed by atoms with van der Waals surface area (Å²) in [6.07, 6.45) is 0. The molecule has 1 amide bonds. The summed E-state index contributed by atoms with van der Waals surface area (Å²) in [5.41, 5.74) is 1.86. The van der Waals surface area contributed by atoms with Crippen molar-refractivity contribution in [1.82, 2.24) is 0 Å². The molecule has 0 saturated heterocycles. The average Bonchev–Trinajstić information content (AvgIpc) is 2.64. The number of amides is 1. The molecule has 2 N–H and O–H groups in total. The molecule has 0 aromatic heterocycles. The summed E-state index contributed by atoms with van der Waals surface area (Å²) in [7, 11) is 0. The topological polar surface area (TPSA) is 41.1 Å². The van der Waals surface area contributed by atoms with E-state index in [2.05, 4.69) is 10.6 Å². The molecule has 1 atom stereocenters. The van der Waals surface area contributed by atoms with Crippen molar-refractivity contribution < 1.29 is 13.6 Å². The molecule has 5 heteroatoms. The first kappa shape index (κ1) is 16.6. The standard InChI is InChI=1S/C20H16F2N2O/c21-15-6-10-17(11-7-15)23-19(14-4-2-1-3-5-14)20(25)24-18-12-8-16(22)9-13-18/h1-13,19,23H,(H,24,25)/t19-/m1/s1. The van der Waals surface area contributed by atoms with Gasteiger partial charge in [0.1, 0.15) is 17.7 Å².